The first-order valence-electron chi connectivity index (χ1n) is 6.45. The summed E-state index contributed by atoms with van der Waals surface area (Å²) >= 11 is 6.17. The highest BCUT2D eigenvalue weighted by molar-refractivity contribution is 6.32. The summed E-state index contributed by atoms with van der Waals surface area (Å²) in [6, 6.07) is 6.13. The predicted octanol–water partition coefficient (Wildman–Crippen LogP) is 3.16. The van der Waals surface area contributed by atoms with Crippen LogP contribution < -0.4 is 10.1 Å². The van der Waals surface area contributed by atoms with Crippen molar-refractivity contribution >= 4 is 11.6 Å². The van der Waals surface area contributed by atoms with Gasteiger partial charge in [0.05, 0.1) is 11.6 Å². The summed E-state index contributed by atoms with van der Waals surface area (Å²) in [7, 11) is 0. The molecule has 1 aromatic carbocycles. The molecule has 0 radical (unpaired) electrons. The molecule has 1 aromatic rings. The Kier molecular flexibility index (Phi) is 7.09. The lowest BCUT2D eigenvalue weighted by Crippen LogP contribution is -2.19. The molecule has 0 spiro atoms. The smallest absolute Gasteiger partial charge is 0.137 e. The van der Waals surface area contributed by atoms with E-state index in [-0.39, 0.29) is 12.6 Å². The first-order chi connectivity index (χ1) is 8.69. The third kappa shape index (κ3) is 4.84. The zero-order chi connectivity index (χ0) is 13.4. The van der Waals surface area contributed by atoms with Crippen LogP contribution >= 0.6 is 11.6 Å². The number of nitrogens with one attached hydrogen (secondary N) is 1. The minimum atomic E-state index is 0.133. The molecule has 0 aromatic heterocycles. The van der Waals surface area contributed by atoms with Crippen molar-refractivity contribution in [2.75, 3.05) is 19.8 Å². The molecule has 0 amide bonds. The summed E-state index contributed by atoms with van der Waals surface area (Å²) in [6.45, 7) is 5.87. The zero-order valence-electron chi connectivity index (χ0n) is 11.1. The van der Waals surface area contributed by atoms with E-state index in [1.54, 1.807) is 0 Å². The molecule has 0 aliphatic heterocycles. The van der Waals surface area contributed by atoms with Gasteiger partial charge in [-0.05, 0) is 37.6 Å². The molecule has 0 fully saturated rings. The van der Waals surface area contributed by atoms with Crippen molar-refractivity contribution in [1.29, 1.82) is 0 Å². The number of rotatable bonds is 8. The molecule has 0 saturated carbocycles. The molecule has 1 unspecified atom stereocenters. The van der Waals surface area contributed by atoms with Crippen molar-refractivity contribution in [3.05, 3.63) is 28.8 Å². The summed E-state index contributed by atoms with van der Waals surface area (Å²) in [4.78, 5) is 0. The number of halogens is 1. The number of aliphatic hydroxyl groups excluding tert-OH is 1. The fraction of sp³-hybridized carbons (Fsp3) is 0.571. The Morgan fingerprint density at radius 1 is 1.44 bits per heavy atom. The van der Waals surface area contributed by atoms with E-state index in [9.17, 15) is 0 Å². The van der Waals surface area contributed by atoms with Gasteiger partial charge in [-0.3, -0.25) is 0 Å². The molecule has 0 saturated heterocycles. The van der Waals surface area contributed by atoms with Crippen LogP contribution in [0.2, 0.25) is 5.02 Å². The fourth-order valence-electron chi connectivity index (χ4n) is 1.63. The third-order valence-corrected chi connectivity index (χ3v) is 3.01. The maximum Gasteiger partial charge on any atom is 0.137 e. The van der Waals surface area contributed by atoms with Crippen LogP contribution in [0.1, 0.15) is 38.3 Å². The molecule has 1 atom stereocenters. The van der Waals surface area contributed by atoms with E-state index in [2.05, 4.69) is 19.2 Å². The summed E-state index contributed by atoms with van der Waals surface area (Å²) in [6.07, 6.45) is 1.73. The van der Waals surface area contributed by atoms with E-state index in [1.165, 1.54) is 0 Å². The van der Waals surface area contributed by atoms with Gasteiger partial charge in [-0.15, -0.1) is 0 Å². The molecule has 0 bridgehead atoms. The van der Waals surface area contributed by atoms with E-state index in [4.69, 9.17) is 21.4 Å². The zero-order valence-corrected chi connectivity index (χ0v) is 11.8. The molecular formula is C14H22ClNO2. The minimum Gasteiger partial charge on any atom is -0.492 e. The van der Waals surface area contributed by atoms with Gasteiger partial charge in [0.1, 0.15) is 5.75 Å². The Bertz CT molecular complexity index is 358. The van der Waals surface area contributed by atoms with Crippen LogP contribution in [0.5, 0.6) is 5.75 Å². The maximum absolute atomic E-state index is 8.69. The van der Waals surface area contributed by atoms with Gasteiger partial charge in [0.15, 0.2) is 0 Å². The second-order valence-electron chi connectivity index (χ2n) is 4.29. The lowest BCUT2D eigenvalue weighted by molar-refractivity contribution is 0.233. The monoisotopic (exact) mass is 271 g/mol. The topological polar surface area (TPSA) is 41.5 Å². The van der Waals surface area contributed by atoms with E-state index >= 15 is 0 Å². The maximum atomic E-state index is 8.69. The predicted molar refractivity (Wildman–Crippen MR) is 75.4 cm³/mol. The first-order valence-corrected chi connectivity index (χ1v) is 6.83. The molecule has 18 heavy (non-hydrogen) atoms. The van der Waals surface area contributed by atoms with E-state index in [0.717, 1.165) is 18.5 Å². The van der Waals surface area contributed by atoms with E-state index in [1.807, 2.05) is 18.2 Å². The first kappa shape index (κ1) is 15.3. The van der Waals surface area contributed by atoms with Gasteiger partial charge in [0.25, 0.3) is 0 Å². The molecule has 1 rings (SSSR count). The summed E-state index contributed by atoms with van der Waals surface area (Å²) in [5.41, 5.74) is 1.16. The van der Waals surface area contributed by atoms with Crippen molar-refractivity contribution in [3.63, 3.8) is 0 Å². The van der Waals surface area contributed by atoms with Gasteiger partial charge in [-0.2, -0.15) is 0 Å². The summed E-state index contributed by atoms with van der Waals surface area (Å²) in [5, 5.41) is 12.7. The number of ether oxygens (including phenoxy) is 1. The Balaban J connectivity index is 2.60. The Hall–Kier alpha value is -0.770. The van der Waals surface area contributed by atoms with Crippen LogP contribution in [0.4, 0.5) is 0 Å². The molecular weight excluding hydrogens is 250 g/mol. The van der Waals surface area contributed by atoms with Gasteiger partial charge < -0.3 is 15.2 Å². The SMILES string of the molecule is CCCNC(C)c1ccc(OCCCO)c(Cl)c1. The highest BCUT2D eigenvalue weighted by Crippen LogP contribution is 2.28. The number of aliphatic hydroxyl groups is 1. The number of hydrogen-bond donors (Lipinski definition) is 2. The number of benzene rings is 1. The van der Waals surface area contributed by atoms with Gasteiger partial charge in [-0.25, -0.2) is 0 Å². The van der Waals surface area contributed by atoms with E-state index < -0.39 is 0 Å². The average molecular weight is 272 g/mol. The van der Waals surface area contributed by atoms with Crippen LogP contribution in [0, 0.1) is 0 Å². The van der Waals surface area contributed by atoms with Crippen molar-refractivity contribution < 1.29 is 9.84 Å². The Morgan fingerprint density at radius 3 is 2.83 bits per heavy atom. The van der Waals surface area contributed by atoms with E-state index in [0.29, 0.717) is 23.8 Å². The molecule has 4 heteroatoms. The van der Waals surface area contributed by atoms with Gasteiger partial charge in [0.2, 0.25) is 0 Å². The fourth-order valence-corrected chi connectivity index (χ4v) is 1.87. The van der Waals surface area contributed by atoms with Crippen molar-refractivity contribution in [1.82, 2.24) is 5.32 Å². The quantitative estimate of drug-likeness (QED) is 0.714. The molecule has 0 heterocycles. The van der Waals surface area contributed by atoms with Crippen LogP contribution in [0.15, 0.2) is 18.2 Å². The van der Waals surface area contributed by atoms with Crippen molar-refractivity contribution in [2.45, 2.75) is 32.7 Å². The minimum absolute atomic E-state index is 0.133. The molecule has 0 aliphatic carbocycles. The highest BCUT2D eigenvalue weighted by atomic mass is 35.5. The largest absolute Gasteiger partial charge is 0.492 e. The lowest BCUT2D eigenvalue weighted by Gasteiger charge is -2.15. The summed E-state index contributed by atoms with van der Waals surface area (Å²) in [5.74, 6) is 0.677. The second kappa shape index (κ2) is 8.35. The van der Waals surface area contributed by atoms with Crippen LogP contribution in [0.25, 0.3) is 0 Å². The summed E-state index contributed by atoms with van der Waals surface area (Å²) < 4.78 is 5.48. The standard InChI is InChI=1S/C14H22ClNO2/c1-3-7-16-11(2)12-5-6-14(13(15)10-12)18-9-4-8-17/h5-6,10-11,16-17H,3-4,7-9H2,1-2H3. The van der Waals surface area contributed by atoms with Gasteiger partial charge >= 0.3 is 0 Å². The Labute approximate surface area is 114 Å². The molecule has 0 aliphatic rings. The van der Waals surface area contributed by atoms with Gasteiger partial charge in [0, 0.05) is 19.1 Å². The molecule has 2 N–H and O–H groups in total. The normalized spacial score (nSPS) is 12.4. The molecule has 3 nitrogen and oxygen atoms in total. The van der Waals surface area contributed by atoms with Crippen molar-refractivity contribution in [2.24, 2.45) is 0 Å². The Morgan fingerprint density at radius 2 is 2.22 bits per heavy atom. The second-order valence-corrected chi connectivity index (χ2v) is 4.70. The average Bonchev–Trinajstić information content (AvgIpc) is 2.38. The van der Waals surface area contributed by atoms with Crippen LogP contribution in [-0.4, -0.2) is 24.9 Å². The number of hydrogen-bond acceptors (Lipinski definition) is 3. The van der Waals surface area contributed by atoms with Crippen LogP contribution in [-0.2, 0) is 0 Å². The van der Waals surface area contributed by atoms with Crippen molar-refractivity contribution in [3.8, 4) is 5.75 Å². The lowest BCUT2D eigenvalue weighted by atomic mass is 10.1. The molecule has 102 valence electrons. The van der Waals surface area contributed by atoms with Gasteiger partial charge in [-0.1, -0.05) is 24.6 Å². The highest BCUT2D eigenvalue weighted by Gasteiger charge is 2.08. The third-order valence-electron chi connectivity index (χ3n) is 2.72. The van der Waals surface area contributed by atoms with Crippen LogP contribution in [0.3, 0.4) is 0 Å².